The zero-order chi connectivity index (χ0) is 31.9. The van der Waals surface area contributed by atoms with Gasteiger partial charge < -0.3 is 19.7 Å². The van der Waals surface area contributed by atoms with Crippen molar-refractivity contribution in [2.24, 2.45) is 0 Å². The minimum atomic E-state index is -4.23. The first-order chi connectivity index (χ1) is 20.2. The zero-order valence-corrected chi connectivity index (χ0v) is 27.3. The molecule has 232 valence electrons. The number of aryl methyl sites for hydroxylation is 1. The van der Waals surface area contributed by atoms with E-state index in [-0.39, 0.29) is 23.0 Å². The molecular formula is C32H40ClN3O6S. The summed E-state index contributed by atoms with van der Waals surface area (Å²) >= 11 is 6.09. The van der Waals surface area contributed by atoms with Crippen LogP contribution in [-0.4, -0.2) is 57.5 Å². The largest absolute Gasteiger partial charge is 0.493 e. The maximum Gasteiger partial charge on any atom is 0.264 e. The summed E-state index contributed by atoms with van der Waals surface area (Å²) in [5.74, 6) is -0.196. The Balaban J connectivity index is 2.12. The third-order valence-electron chi connectivity index (χ3n) is 6.69. The van der Waals surface area contributed by atoms with Crippen molar-refractivity contribution in [3.63, 3.8) is 0 Å². The average molecular weight is 630 g/mol. The molecule has 0 aromatic heterocycles. The van der Waals surface area contributed by atoms with E-state index in [1.54, 1.807) is 48.5 Å². The van der Waals surface area contributed by atoms with E-state index in [1.807, 2.05) is 34.6 Å². The molecule has 0 spiro atoms. The Morgan fingerprint density at radius 2 is 1.53 bits per heavy atom. The van der Waals surface area contributed by atoms with Crippen molar-refractivity contribution in [1.82, 2.24) is 10.2 Å². The van der Waals surface area contributed by atoms with Crippen molar-refractivity contribution in [3.05, 3.63) is 82.9 Å². The summed E-state index contributed by atoms with van der Waals surface area (Å²) in [7, 11) is -1.31. The Labute approximate surface area is 259 Å². The molecule has 0 fully saturated rings. The number of nitrogens with zero attached hydrogens (tertiary/aromatic N) is 2. The number of methoxy groups -OCH3 is 2. The number of anilines is 1. The SMILES string of the molecule is CC[C@@H](C(=O)NC(C)(C)C)N(Cc1ccc(Cl)cc1)C(=O)CN(c1ccc(OC)c(OC)c1)S(=O)(=O)c1ccc(C)cc1. The fraction of sp³-hybridized carbons (Fsp3) is 0.375. The smallest absolute Gasteiger partial charge is 0.264 e. The lowest BCUT2D eigenvalue weighted by molar-refractivity contribution is -0.141. The second-order valence-electron chi connectivity index (χ2n) is 11.2. The van der Waals surface area contributed by atoms with Crippen LogP contribution in [0.5, 0.6) is 11.5 Å². The first-order valence-electron chi connectivity index (χ1n) is 13.9. The van der Waals surface area contributed by atoms with E-state index in [0.717, 1.165) is 15.4 Å². The highest BCUT2D eigenvalue weighted by atomic mass is 35.5. The number of carbonyl (C=O) groups excluding carboxylic acids is 2. The molecule has 0 saturated heterocycles. The number of benzene rings is 3. The molecule has 2 amide bonds. The monoisotopic (exact) mass is 629 g/mol. The summed E-state index contributed by atoms with van der Waals surface area (Å²) < 4.78 is 40.0. The second-order valence-corrected chi connectivity index (χ2v) is 13.5. The number of hydrogen-bond acceptors (Lipinski definition) is 6. The van der Waals surface area contributed by atoms with E-state index >= 15 is 0 Å². The zero-order valence-electron chi connectivity index (χ0n) is 25.7. The number of sulfonamides is 1. The molecule has 11 heteroatoms. The van der Waals surface area contributed by atoms with Gasteiger partial charge in [0.2, 0.25) is 11.8 Å². The van der Waals surface area contributed by atoms with Gasteiger partial charge >= 0.3 is 0 Å². The standard InChI is InChI=1S/C32H40ClN3O6S/c1-8-27(31(38)34-32(3,4)5)35(20-23-11-13-24(33)14-12-23)30(37)21-36(25-15-18-28(41-6)29(19-25)42-7)43(39,40)26-16-9-22(2)10-17-26/h9-19,27H,8,20-21H2,1-7H3,(H,34,38)/t27-/m0/s1. The van der Waals surface area contributed by atoms with Gasteiger partial charge in [-0.1, -0.05) is 48.4 Å². The number of nitrogens with one attached hydrogen (secondary N) is 1. The highest BCUT2D eigenvalue weighted by Crippen LogP contribution is 2.34. The van der Waals surface area contributed by atoms with Gasteiger partial charge in [-0.15, -0.1) is 0 Å². The Kier molecular flexibility index (Phi) is 11.1. The number of ether oxygens (including phenoxy) is 2. The maximum atomic E-state index is 14.2. The quantitative estimate of drug-likeness (QED) is 0.280. The van der Waals surface area contributed by atoms with Crippen LogP contribution in [0.1, 0.15) is 45.2 Å². The number of amides is 2. The minimum Gasteiger partial charge on any atom is -0.493 e. The van der Waals surface area contributed by atoms with Gasteiger partial charge in [-0.05, 0) is 76.1 Å². The van der Waals surface area contributed by atoms with Crippen LogP contribution in [0.15, 0.2) is 71.6 Å². The predicted octanol–water partition coefficient (Wildman–Crippen LogP) is 5.58. The molecule has 0 aliphatic heterocycles. The average Bonchev–Trinajstić information content (AvgIpc) is 2.95. The summed E-state index contributed by atoms with van der Waals surface area (Å²) in [6.45, 7) is 8.73. The molecule has 0 heterocycles. The Morgan fingerprint density at radius 1 is 0.930 bits per heavy atom. The molecule has 43 heavy (non-hydrogen) atoms. The summed E-state index contributed by atoms with van der Waals surface area (Å²) in [6, 6.07) is 17.1. The highest BCUT2D eigenvalue weighted by Gasteiger charge is 2.35. The van der Waals surface area contributed by atoms with Gasteiger partial charge in [-0.2, -0.15) is 0 Å². The van der Waals surface area contributed by atoms with Crippen LogP contribution >= 0.6 is 11.6 Å². The van der Waals surface area contributed by atoms with Gasteiger partial charge in [0.1, 0.15) is 12.6 Å². The molecule has 0 unspecified atom stereocenters. The second kappa shape index (κ2) is 14.1. The van der Waals surface area contributed by atoms with Crippen molar-refractivity contribution in [2.45, 2.75) is 64.1 Å². The fourth-order valence-corrected chi connectivity index (χ4v) is 6.04. The Morgan fingerprint density at radius 3 is 2.07 bits per heavy atom. The fourth-order valence-electron chi connectivity index (χ4n) is 4.51. The molecule has 0 bridgehead atoms. The summed E-state index contributed by atoms with van der Waals surface area (Å²) in [4.78, 5) is 29.1. The van der Waals surface area contributed by atoms with E-state index < -0.39 is 34.1 Å². The molecule has 3 aromatic carbocycles. The molecule has 0 saturated carbocycles. The normalized spacial score (nSPS) is 12.3. The van der Waals surface area contributed by atoms with Gasteiger partial charge in [-0.3, -0.25) is 13.9 Å². The lowest BCUT2D eigenvalue weighted by Crippen LogP contribution is -2.55. The molecule has 3 rings (SSSR count). The number of rotatable bonds is 12. The van der Waals surface area contributed by atoms with Crippen molar-refractivity contribution in [2.75, 3.05) is 25.1 Å². The maximum absolute atomic E-state index is 14.2. The van der Waals surface area contributed by atoms with Crippen LogP contribution in [-0.2, 0) is 26.2 Å². The first kappa shape index (κ1) is 33.7. The number of carbonyl (C=O) groups is 2. The van der Waals surface area contributed by atoms with Crippen LogP contribution in [0.25, 0.3) is 0 Å². The van der Waals surface area contributed by atoms with Gasteiger partial charge in [0.25, 0.3) is 10.0 Å². The summed E-state index contributed by atoms with van der Waals surface area (Å²) in [6.07, 6.45) is 0.308. The van der Waals surface area contributed by atoms with E-state index in [0.29, 0.717) is 22.9 Å². The summed E-state index contributed by atoms with van der Waals surface area (Å²) in [5.41, 5.74) is 1.28. The van der Waals surface area contributed by atoms with Crippen molar-refractivity contribution in [3.8, 4) is 11.5 Å². The lowest BCUT2D eigenvalue weighted by atomic mass is 10.1. The van der Waals surface area contributed by atoms with Gasteiger partial charge in [0.15, 0.2) is 11.5 Å². The van der Waals surface area contributed by atoms with Crippen LogP contribution in [0.4, 0.5) is 5.69 Å². The van der Waals surface area contributed by atoms with E-state index in [4.69, 9.17) is 21.1 Å². The predicted molar refractivity (Wildman–Crippen MR) is 169 cm³/mol. The van der Waals surface area contributed by atoms with Crippen molar-refractivity contribution >= 4 is 39.1 Å². The molecule has 0 radical (unpaired) electrons. The van der Waals surface area contributed by atoms with E-state index in [2.05, 4.69) is 5.32 Å². The van der Waals surface area contributed by atoms with Crippen LogP contribution < -0.4 is 19.1 Å². The molecule has 0 aliphatic rings. The van der Waals surface area contributed by atoms with Gasteiger partial charge in [-0.25, -0.2) is 8.42 Å². The molecule has 1 atom stereocenters. The van der Waals surface area contributed by atoms with Gasteiger partial charge in [0.05, 0.1) is 24.8 Å². The highest BCUT2D eigenvalue weighted by molar-refractivity contribution is 7.92. The van der Waals surface area contributed by atoms with Crippen LogP contribution in [0.3, 0.4) is 0 Å². The topological polar surface area (TPSA) is 105 Å². The Bertz CT molecular complexity index is 1520. The summed E-state index contributed by atoms with van der Waals surface area (Å²) in [5, 5.41) is 3.49. The number of hydrogen-bond donors (Lipinski definition) is 1. The third-order valence-corrected chi connectivity index (χ3v) is 8.73. The van der Waals surface area contributed by atoms with Crippen molar-refractivity contribution in [1.29, 1.82) is 0 Å². The molecule has 9 nitrogen and oxygen atoms in total. The molecule has 0 aliphatic carbocycles. The first-order valence-corrected chi connectivity index (χ1v) is 15.7. The van der Waals surface area contributed by atoms with Crippen molar-refractivity contribution < 1.29 is 27.5 Å². The number of halogens is 1. The van der Waals surface area contributed by atoms with Gasteiger partial charge in [0, 0.05) is 23.2 Å². The Hall–Kier alpha value is -3.76. The third kappa shape index (κ3) is 8.64. The molecular weight excluding hydrogens is 590 g/mol. The minimum absolute atomic E-state index is 0.0162. The van der Waals surface area contributed by atoms with Crippen LogP contribution in [0, 0.1) is 6.92 Å². The molecule has 3 aromatic rings. The van der Waals surface area contributed by atoms with E-state index in [1.165, 1.54) is 37.3 Å². The lowest BCUT2D eigenvalue weighted by Gasteiger charge is -2.35. The van der Waals surface area contributed by atoms with E-state index in [9.17, 15) is 18.0 Å². The molecule has 1 N–H and O–H groups in total. The van der Waals surface area contributed by atoms with Crippen LogP contribution in [0.2, 0.25) is 5.02 Å².